The summed E-state index contributed by atoms with van der Waals surface area (Å²) in [6.07, 6.45) is 12.8. The summed E-state index contributed by atoms with van der Waals surface area (Å²) in [4.78, 5) is 30.3. The Kier molecular flexibility index (Phi) is 24.4. The van der Waals surface area contributed by atoms with Crippen LogP contribution in [-0.4, -0.2) is 111 Å². The van der Waals surface area contributed by atoms with E-state index in [4.69, 9.17) is 22.9 Å². The minimum atomic E-state index is -0.376. The molecule has 2 amide bonds. The molecular formula is C28H56Cl2N8O2S4. The van der Waals surface area contributed by atoms with Crippen molar-refractivity contribution in [2.45, 2.75) is 86.0 Å². The second-order valence-electron chi connectivity index (χ2n) is 10.9. The maximum atomic E-state index is 12.3. The van der Waals surface area contributed by atoms with Gasteiger partial charge in [0.1, 0.15) is 5.88 Å². The Labute approximate surface area is 291 Å². The second kappa shape index (κ2) is 24.7. The van der Waals surface area contributed by atoms with Crippen molar-refractivity contribution in [1.82, 2.24) is 9.62 Å². The van der Waals surface area contributed by atoms with Gasteiger partial charge in [0.05, 0.1) is 25.7 Å². The number of amidine groups is 2. The van der Waals surface area contributed by atoms with Crippen molar-refractivity contribution < 1.29 is 44.4 Å². The largest absolute Gasteiger partial charge is 1.00 e. The van der Waals surface area contributed by atoms with Gasteiger partial charge in [0, 0.05) is 46.6 Å². The smallest absolute Gasteiger partial charge is 0.246 e. The van der Waals surface area contributed by atoms with E-state index in [1.54, 1.807) is 0 Å². The number of amides is 2. The summed E-state index contributed by atoms with van der Waals surface area (Å²) in [5, 5.41) is 4.61. The molecule has 258 valence electrons. The van der Waals surface area contributed by atoms with E-state index >= 15 is 0 Å². The minimum absolute atomic E-state index is 0. The first-order valence-corrected chi connectivity index (χ1v) is 20.5. The Balaban J connectivity index is 0.00000924. The van der Waals surface area contributed by atoms with Crippen molar-refractivity contribution >= 4 is 79.9 Å². The maximum absolute atomic E-state index is 12.3. The fraction of sp³-hybridized carbons (Fsp3) is 0.786. The van der Waals surface area contributed by atoms with E-state index < -0.39 is 0 Å². The highest BCUT2D eigenvalue weighted by molar-refractivity contribution is 8.14. The van der Waals surface area contributed by atoms with E-state index in [0.29, 0.717) is 22.3 Å². The number of thioether (sulfide) groups is 2. The van der Waals surface area contributed by atoms with Gasteiger partial charge in [-0.3, -0.25) is 35.3 Å². The zero-order valence-electron chi connectivity index (χ0n) is 26.2. The molecule has 10 nitrogen and oxygen atoms in total. The lowest BCUT2D eigenvalue weighted by Gasteiger charge is -2.45. The van der Waals surface area contributed by atoms with Crippen LogP contribution in [0.15, 0.2) is 0 Å². The van der Waals surface area contributed by atoms with Crippen molar-refractivity contribution in [3.8, 4) is 0 Å². The summed E-state index contributed by atoms with van der Waals surface area (Å²) in [7, 11) is -0.498. The summed E-state index contributed by atoms with van der Waals surface area (Å²) in [5.74, 6) is 12.8. The topological polar surface area (TPSA) is 181 Å². The fourth-order valence-corrected chi connectivity index (χ4v) is 10.8. The van der Waals surface area contributed by atoms with Crippen LogP contribution in [0.1, 0.15) is 64.2 Å². The second-order valence-corrected chi connectivity index (χ2v) is 17.2. The lowest BCUT2D eigenvalue weighted by Crippen LogP contribution is -3.00. The van der Waals surface area contributed by atoms with Gasteiger partial charge < -0.3 is 41.6 Å². The van der Waals surface area contributed by atoms with Gasteiger partial charge in [-0.05, 0) is 44.8 Å². The van der Waals surface area contributed by atoms with Gasteiger partial charge in [-0.1, -0.05) is 24.6 Å². The van der Waals surface area contributed by atoms with E-state index in [-0.39, 0.29) is 76.9 Å². The molecule has 0 bridgehead atoms. The maximum Gasteiger partial charge on any atom is 0.246 e. The van der Waals surface area contributed by atoms with Gasteiger partial charge in [0.2, 0.25) is 23.5 Å². The molecule has 0 radical (unpaired) electrons. The van der Waals surface area contributed by atoms with E-state index in [1.807, 2.05) is 34.1 Å². The van der Waals surface area contributed by atoms with Crippen molar-refractivity contribution in [2.75, 3.05) is 49.8 Å². The highest BCUT2D eigenvalue weighted by Gasteiger charge is 2.39. The molecule has 2 rings (SSSR count). The standard InChI is InChI=1S/C28H54N8O2S4.2ClH/c1-41(2)36(28(38)19-30)21-10-13-24(21)42(3)20-35-26(32)9-7-5-4-6-8-25(31)33-14-16-39-22-11-12-23(22)40-17-15-34-27(37)18-29;;/h21-24H,1,3-20,29-30H2,2H3,(H2,31,33)(H2,32,35)(H,34,37);2*1H. The van der Waals surface area contributed by atoms with Crippen LogP contribution < -0.4 is 63.1 Å². The molecule has 16 heteroatoms. The predicted molar refractivity (Wildman–Crippen MR) is 190 cm³/mol. The van der Waals surface area contributed by atoms with Gasteiger partial charge in [-0.25, -0.2) is 0 Å². The number of carbonyl (C=O) groups is 2. The number of carbonyl (C=O) groups excluding carboxylic acids is 2. The first-order valence-electron chi connectivity index (χ1n) is 15.0. The molecule has 6 atom stereocenters. The lowest BCUT2D eigenvalue weighted by atomic mass is 9.92. The molecule has 2 saturated carbocycles. The molecule has 0 spiro atoms. The molecule has 0 saturated heterocycles. The van der Waals surface area contributed by atoms with Gasteiger partial charge in [-0.2, -0.15) is 23.5 Å². The molecule has 11 N–H and O–H groups in total. The highest BCUT2D eigenvalue weighted by Crippen LogP contribution is 2.41. The Morgan fingerprint density at radius 3 is 1.98 bits per heavy atom. The van der Waals surface area contributed by atoms with Crippen LogP contribution in [0.5, 0.6) is 0 Å². The first-order chi connectivity index (χ1) is 20.2. The summed E-state index contributed by atoms with van der Waals surface area (Å²) in [6, 6.07) is 0.196. The Bertz CT molecular complexity index is 976. The molecule has 6 unspecified atom stereocenters. The Morgan fingerprint density at radius 1 is 0.886 bits per heavy atom. The Hall–Kier alpha value is -0.480. The van der Waals surface area contributed by atoms with Gasteiger partial charge in [0.25, 0.3) is 0 Å². The lowest BCUT2D eigenvalue weighted by molar-refractivity contribution is -0.453. The average Bonchev–Trinajstić information content (AvgIpc) is 2.94. The molecule has 0 aromatic rings. The normalized spacial score (nSPS) is 22.8. The van der Waals surface area contributed by atoms with Crippen LogP contribution in [0.4, 0.5) is 0 Å². The molecule has 2 fully saturated rings. The van der Waals surface area contributed by atoms with Crippen LogP contribution >= 0.6 is 44.7 Å². The fourth-order valence-electron chi connectivity index (χ4n) is 4.96. The van der Waals surface area contributed by atoms with E-state index in [1.165, 1.54) is 12.8 Å². The van der Waals surface area contributed by atoms with Gasteiger partial charge >= 0.3 is 0 Å². The summed E-state index contributed by atoms with van der Waals surface area (Å²) >= 11 is 3.99. The number of nitrogens with one attached hydrogen (secondary N) is 3. The van der Waals surface area contributed by atoms with E-state index in [0.717, 1.165) is 87.0 Å². The highest BCUT2D eigenvalue weighted by atomic mass is 35.5. The average molecular weight is 736 g/mol. The van der Waals surface area contributed by atoms with Gasteiger partial charge in [-0.15, -0.1) is 21.2 Å². The number of hydrogen-bond acceptors (Lipinski definition) is 6. The number of unbranched alkanes of at least 4 members (excludes halogenated alkanes) is 3. The molecule has 0 aromatic carbocycles. The molecule has 0 heterocycles. The number of nitrogens with two attached hydrogens (primary N) is 4. The molecular weight excluding hydrogens is 680 g/mol. The zero-order chi connectivity index (χ0) is 30.9. The van der Waals surface area contributed by atoms with Crippen molar-refractivity contribution in [2.24, 2.45) is 22.9 Å². The third kappa shape index (κ3) is 15.9. The van der Waals surface area contributed by atoms with Crippen LogP contribution in [-0.2, 0) is 9.59 Å². The molecule has 2 aliphatic carbocycles. The van der Waals surface area contributed by atoms with Crippen LogP contribution in [0.25, 0.3) is 0 Å². The van der Waals surface area contributed by atoms with Crippen LogP contribution in [0.3, 0.4) is 0 Å². The van der Waals surface area contributed by atoms with Crippen molar-refractivity contribution in [1.29, 1.82) is 0 Å². The van der Waals surface area contributed by atoms with E-state index in [9.17, 15) is 9.59 Å². The number of halogens is 2. The molecule has 0 aliphatic heterocycles. The van der Waals surface area contributed by atoms with E-state index in [2.05, 4.69) is 27.0 Å². The summed E-state index contributed by atoms with van der Waals surface area (Å²) in [6.45, 7) is 1.69. The monoisotopic (exact) mass is 734 g/mol. The van der Waals surface area contributed by atoms with Gasteiger partial charge in [0.15, 0.2) is 0 Å². The van der Waals surface area contributed by atoms with Crippen LogP contribution in [0, 0.1) is 0 Å². The molecule has 44 heavy (non-hydrogen) atoms. The number of hydrogen-bond donors (Lipinski definition) is 7. The molecule has 2 aliphatic rings. The third-order valence-electron chi connectivity index (χ3n) is 7.67. The van der Waals surface area contributed by atoms with Crippen LogP contribution in [0.2, 0.25) is 0 Å². The summed E-state index contributed by atoms with van der Waals surface area (Å²) in [5.41, 5.74) is 23.4. The zero-order valence-corrected chi connectivity index (χ0v) is 31.0. The quantitative estimate of drug-likeness (QED) is 0.0248. The number of rotatable bonds is 22. The summed E-state index contributed by atoms with van der Waals surface area (Å²) < 4.78 is 1.88. The third-order valence-corrected chi connectivity index (χ3v) is 13.8. The van der Waals surface area contributed by atoms with Crippen molar-refractivity contribution in [3.63, 3.8) is 0 Å². The predicted octanol–water partition coefficient (Wildman–Crippen LogP) is -7.49. The first kappa shape index (κ1) is 43.5. The van der Waals surface area contributed by atoms with Crippen molar-refractivity contribution in [3.05, 3.63) is 0 Å². The molecule has 0 aromatic heterocycles. The SMILES string of the molecule is C=S(C[NH+]=C(N)CCCCCCC(N)=[NH+]CCSC1CCC1SCCNC(=O)CN)C1CCC1N(C(=O)CN)S(=C)C.[Cl-].[Cl-]. The Morgan fingerprint density at radius 2 is 1.48 bits per heavy atom. The number of nitrogens with zero attached hydrogens (tertiary/aromatic N) is 1. The minimum Gasteiger partial charge on any atom is -1.00 e.